The van der Waals surface area contributed by atoms with Gasteiger partial charge in [-0.3, -0.25) is 4.79 Å². The first-order valence-electron chi connectivity index (χ1n) is 7.79. The number of nitrogens with one attached hydrogen (secondary N) is 1. The van der Waals surface area contributed by atoms with Crippen molar-refractivity contribution in [2.45, 2.75) is 70.8 Å². The number of carboxylic acid groups (broad SMARTS) is 1. The van der Waals surface area contributed by atoms with Gasteiger partial charge in [0.1, 0.15) is 0 Å². The van der Waals surface area contributed by atoms with Gasteiger partial charge in [-0.25, -0.2) is 0 Å². The Hall–Kier alpha value is -0.570. The Kier molecular flexibility index (Phi) is 2.97. The molecule has 0 heterocycles. The van der Waals surface area contributed by atoms with Crippen LogP contribution in [-0.4, -0.2) is 23.2 Å². The molecule has 0 spiro atoms. The van der Waals surface area contributed by atoms with E-state index in [0.717, 1.165) is 18.9 Å². The maximum absolute atomic E-state index is 10.6. The second kappa shape index (κ2) is 4.21. The lowest BCUT2D eigenvalue weighted by Crippen LogP contribution is -2.64. The lowest BCUT2D eigenvalue weighted by atomic mass is 9.43. The highest BCUT2D eigenvalue weighted by molar-refractivity contribution is 5.66. The Labute approximate surface area is 116 Å². The second-order valence-electron chi connectivity index (χ2n) is 8.33. The van der Waals surface area contributed by atoms with E-state index in [1.54, 1.807) is 0 Å². The van der Waals surface area contributed by atoms with Gasteiger partial charge in [0.05, 0.1) is 0 Å². The summed E-state index contributed by atoms with van der Waals surface area (Å²) in [5.74, 6) is 0.226. The van der Waals surface area contributed by atoms with Crippen molar-refractivity contribution in [1.29, 1.82) is 0 Å². The first kappa shape index (κ1) is 13.4. The SMILES string of the molecule is CC12CC3CC(C)(C1)CC(NCCCC(=O)O)(C3)C2. The summed E-state index contributed by atoms with van der Waals surface area (Å²) in [5, 5.41) is 12.5. The largest absolute Gasteiger partial charge is 0.481 e. The predicted molar refractivity (Wildman–Crippen MR) is 75.0 cm³/mol. The van der Waals surface area contributed by atoms with Crippen LogP contribution in [0.3, 0.4) is 0 Å². The highest BCUT2D eigenvalue weighted by atomic mass is 16.4. The standard InChI is InChI=1S/C16H27NO2/c1-14-6-12-7-15(2,9-14)11-16(8-12,10-14)17-5-3-4-13(18)19/h12,17H,3-11H2,1-2H3,(H,18,19). The fourth-order valence-electron chi connectivity index (χ4n) is 6.24. The van der Waals surface area contributed by atoms with Gasteiger partial charge in [-0.15, -0.1) is 0 Å². The van der Waals surface area contributed by atoms with Gasteiger partial charge in [0.2, 0.25) is 0 Å². The zero-order chi connectivity index (χ0) is 13.7. The minimum absolute atomic E-state index is 0.293. The van der Waals surface area contributed by atoms with E-state index in [-0.39, 0.29) is 0 Å². The van der Waals surface area contributed by atoms with Gasteiger partial charge >= 0.3 is 5.97 Å². The van der Waals surface area contributed by atoms with Crippen LogP contribution in [0, 0.1) is 16.7 Å². The fourth-order valence-corrected chi connectivity index (χ4v) is 6.24. The summed E-state index contributed by atoms with van der Waals surface area (Å²) in [6, 6.07) is 0. The molecule has 0 radical (unpaired) electrons. The summed E-state index contributed by atoms with van der Waals surface area (Å²) < 4.78 is 0. The summed E-state index contributed by atoms with van der Waals surface area (Å²) in [6.07, 6.45) is 9.22. The van der Waals surface area contributed by atoms with Crippen molar-refractivity contribution in [3.63, 3.8) is 0 Å². The molecule has 0 saturated heterocycles. The fraction of sp³-hybridized carbons (Fsp3) is 0.938. The summed E-state index contributed by atoms with van der Waals surface area (Å²) in [7, 11) is 0. The van der Waals surface area contributed by atoms with Crippen LogP contribution in [0.1, 0.15) is 65.2 Å². The van der Waals surface area contributed by atoms with Crippen LogP contribution in [0.15, 0.2) is 0 Å². The summed E-state index contributed by atoms with van der Waals surface area (Å²) in [6.45, 7) is 5.82. The molecule has 2 atom stereocenters. The molecular weight excluding hydrogens is 238 g/mol. The van der Waals surface area contributed by atoms with Crippen LogP contribution in [0.5, 0.6) is 0 Å². The second-order valence-corrected chi connectivity index (χ2v) is 8.33. The smallest absolute Gasteiger partial charge is 0.303 e. The molecule has 3 heteroatoms. The van der Waals surface area contributed by atoms with Crippen molar-refractivity contribution in [3.05, 3.63) is 0 Å². The van der Waals surface area contributed by atoms with E-state index in [9.17, 15) is 4.79 Å². The van der Waals surface area contributed by atoms with E-state index >= 15 is 0 Å². The van der Waals surface area contributed by atoms with Crippen LogP contribution in [0.4, 0.5) is 0 Å². The monoisotopic (exact) mass is 265 g/mol. The van der Waals surface area contributed by atoms with Crippen LogP contribution in [0.2, 0.25) is 0 Å². The topological polar surface area (TPSA) is 49.3 Å². The Balaban J connectivity index is 1.65. The van der Waals surface area contributed by atoms with Gasteiger partial charge in [-0.2, -0.15) is 0 Å². The van der Waals surface area contributed by atoms with Gasteiger partial charge < -0.3 is 10.4 Å². The first-order valence-corrected chi connectivity index (χ1v) is 7.79. The maximum Gasteiger partial charge on any atom is 0.303 e. The average Bonchev–Trinajstić information content (AvgIpc) is 2.18. The normalized spacial score (nSPS) is 47.6. The molecule has 2 unspecified atom stereocenters. The van der Waals surface area contributed by atoms with E-state index in [1.807, 2.05) is 0 Å². The molecular formula is C16H27NO2. The van der Waals surface area contributed by atoms with E-state index < -0.39 is 5.97 Å². The number of carboxylic acids is 1. The van der Waals surface area contributed by atoms with E-state index in [2.05, 4.69) is 19.2 Å². The van der Waals surface area contributed by atoms with Gasteiger partial charge in [-0.1, -0.05) is 13.8 Å². The molecule has 4 rings (SSSR count). The van der Waals surface area contributed by atoms with Gasteiger partial charge in [0.15, 0.2) is 0 Å². The molecule has 4 fully saturated rings. The number of hydrogen-bond donors (Lipinski definition) is 2. The molecule has 4 saturated carbocycles. The van der Waals surface area contributed by atoms with Crippen LogP contribution < -0.4 is 5.32 Å². The summed E-state index contributed by atoms with van der Waals surface area (Å²) >= 11 is 0. The molecule has 108 valence electrons. The van der Waals surface area contributed by atoms with Crippen molar-refractivity contribution < 1.29 is 9.90 Å². The van der Waals surface area contributed by atoms with Gasteiger partial charge in [0.25, 0.3) is 0 Å². The molecule has 0 aliphatic heterocycles. The number of carbonyl (C=O) groups is 1. The Bertz CT molecular complexity index is 374. The molecule has 4 aliphatic carbocycles. The Morgan fingerprint density at radius 3 is 2.32 bits per heavy atom. The molecule has 0 amide bonds. The molecule has 3 nitrogen and oxygen atoms in total. The van der Waals surface area contributed by atoms with Crippen molar-refractivity contribution in [1.82, 2.24) is 5.32 Å². The minimum atomic E-state index is -0.675. The predicted octanol–water partition coefficient (Wildman–Crippen LogP) is 3.19. The van der Waals surface area contributed by atoms with Crippen molar-refractivity contribution >= 4 is 5.97 Å². The molecule has 4 bridgehead atoms. The summed E-state index contributed by atoms with van der Waals surface area (Å²) in [5.41, 5.74) is 1.39. The van der Waals surface area contributed by atoms with E-state index in [0.29, 0.717) is 22.8 Å². The zero-order valence-corrected chi connectivity index (χ0v) is 12.3. The number of rotatable bonds is 5. The molecule has 19 heavy (non-hydrogen) atoms. The molecule has 4 aliphatic rings. The van der Waals surface area contributed by atoms with Crippen molar-refractivity contribution in [2.24, 2.45) is 16.7 Å². The molecule has 0 aromatic heterocycles. The van der Waals surface area contributed by atoms with Crippen molar-refractivity contribution in [2.75, 3.05) is 6.54 Å². The molecule has 2 N–H and O–H groups in total. The quantitative estimate of drug-likeness (QED) is 0.751. The van der Waals surface area contributed by atoms with E-state index in [1.165, 1.54) is 38.5 Å². The zero-order valence-electron chi connectivity index (χ0n) is 12.3. The van der Waals surface area contributed by atoms with Crippen LogP contribution >= 0.6 is 0 Å². The Morgan fingerprint density at radius 1 is 1.16 bits per heavy atom. The Morgan fingerprint density at radius 2 is 1.79 bits per heavy atom. The van der Waals surface area contributed by atoms with Gasteiger partial charge in [0, 0.05) is 12.0 Å². The van der Waals surface area contributed by atoms with Crippen molar-refractivity contribution in [3.8, 4) is 0 Å². The van der Waals surface area contributed by atoms with Crippen LogP contribution in [-0.2, 0) is 4.79 Å². The third-order valence-corrected chi connectivity index (χ3v) is 5.69. The van der Waals surface area contributed by atoms with Crippen LogP contribution in [0.25, 0.3) is 0 Å². The number of aliphatic carboxylic acids is 1. The number of hydrogen-bond acceptors (Lipinski definition) is 2. The molecule has 0 aromatic carbocycles. The highest BCUT2D eigenvalue weighted by Crippen LogP contribution is 2.66. The molecule has 0 aromatic rings. The average molecular weight is 265 g/mol. The first-order chi connectivity index (χ1) is 8.82. The summed E-state index contributed by atoms with van der Waals surface area (Å²) in [4.78, 5) is 10.6. The minimum Gasteiger partial charge on any atom is -0.481 e. The maximum atomic E-state index is 10.6. The third kappa shape index (κ3) is 2.54. The highest BCUT2D eigenvalue weighted by Gasteiger charge is 2.59. The lowest BCUT2D eigenvalue weighted by Gasteiger charge is -2.65. The third-order valence-electron chi connectivity index (χ3n) is 5.69. The van der Waals surface area contributed by atoms with Gasteiger partial charge in [-0.05, 0) is 68.2 Å². The lowest BCUT2D eigenvalue weighted by molar-refractivity contribution is -0.137. The van der Waals surface area contributed by atoms with E-state index in [4.69, 9.17) is 5.11 Å².